The molecule has 1 aromatic carbocycles. The molecule has 2 aliphatic heterocycles. The van der Waals surface area contributed by atoms with Gasteiger partial charge in [-0.15, -0.1) is 0 Å². The van der Waals surface area contributed by atoms with Gasteiger partial charge in [-0.3, -0.25) is 19.1 Å². The van der Waals surface area contributed by atoms with Crippen molar-refractivity contribution in [2.24, 2.45) is 5.73 Å². The lowest BCUT2D eigenvalue weighted by atomic mass is 10.1. The summed E-state index contributed by atoms with van der Waals surface area (Å²) in [5.74, 6) is -0.700. The maximum Gasteiger partial charge on any atom is 0.305 e. The molecule has 9 nitrogen and oxygen atoms in total. The molecule has 2 N–H and O–H groups in total. The number of aromatic nitrogens is 2. The van der Waals surface area contributed by atoms with Crippen LogP contribution in [0.25, 0.3) is 5.69 Å². The fourth-order valence-corrected chi connectivity index (χ4v) is 5.46. The standard InChI is InChI=1S/C16H16N5O4S/c17-16(23)15-13-2-1-8-20(13)26(24,25)21(15)12-5-3-11(4-6-12)19-9-7-18-10-14(19)22/h2-7,9-10,13,15H,1,8H2,(H2,17,23)/t13-,15?/m1/s1. The Bertz CT molecular complexity index is 1020. The molecule has 2 aromatic rings. The van der Waals surface area contributed by atoms with Crippen LogP contribution in [0.2, 0.25) is 0 Å². The number of nitrogens with zero attached hydrogens (tertiary/aromatic N) is 4. The maximum atomic E-state index is 12.9. The lowest BCUT2D eigenvalue weighted by Crippen LogP contribution is -2.47. The van der Waals surface area contributed by atoms with Gasteiger partial charge >= 0.3 is 10.2 Å². The van der Waals surface area contributed by atoms with E-state index in [2.05, 4.69) is 4.98 Å². The van der Waals surface area contributed by atoms with Gasteiger partial charge in [0, 0.05) is 24.6 Å². The largest absolute Gasteiger partial charge is 0.368 e. The Morgan fingerprint density at radius 2 is 1.88 bits per heavy atom. The Hall–Kier alpha value is -2.72. The summed E-state index contributed by atoms with van der Waals surface area (Å²) in [6.07, 6.45) is 6.57. The van der Waals surface area contributed by atoms with Crippen molar-refractivity contribution in [1.29, 1.82) is 0 Å². The van der Waals surface area contributed by atoms with E-state index in [9.17, 15) is 18.0 Å². The first-order chi connectivity index (χ1) is 12.4. The van der Waals surface area contributed by atoms with Gasteiger partial charge in [0.25, 0.3) is 5.56 Å². The zero-order valence-electron chi connectivity index (χ0n) is 13.6. The molecule has 4 rings (SSSR count). The van der Waals surface area contributed by atoms with Crippen LogP contribution in [0.4, 0.5) is 5.69 Å². The minimum atomic E-state index is -3.84. The van der Waals surface area contributed by atoms with Crippen LogP contribution in [0.5, 0.6) is 0 Å². The quantitative estimate of drug-likeness (QED) is 0.772. The van der Waals surface area contributed by atoms with E-state index in [1.807, 2.05) is 0 Å². The SMILES string of the molecule is NC(=O)C1[C@H]2[CH]CCN2S(=O)(=O)N1c1ccc(-n2ccncc2=O)cc1. The van der Waals surface area contributed by atoms with Crippen LogP contribution in [0.15, 0.2) is 47.7 Å². The Balaban J connectivity index is 1.76. The molecule has 2 aliphatic rings. The summed E-state index contributed by atoms with van der Waals surface area (Å²) in [7, 11) is -3.84. The van der Waals surface area contributed by atoms with E-state index in [1.54, 1.807) is 30.7 Å². The molecule has 1 amide bonds. The van der Waals surface area contributed by atoms with Gasteiger partial charge in [0.05, 0.1) is 17.9 Å². The van der Waals surface area contributed by atoms with Crippen LogP contribution in [0.1, 0.15) is 6.42 Å². The van der Waals surface area contributed by atoms with E-state index in [1.165, 1.54) is 27.5 Å². The number of nitrogens with two attached hydrogens (primary N) is 1. The van der Waals surface area contributed by atoms with Gasteiger partial charge in [-0.05, 0) is 37.1 Å². The lowest BCUT2D eigenvalue weighted by molar-refractivity contribution is -0.119. The average molecular weight is 374 g/mol. The minimum absolute atomic E-state index is 0.306. The van der Waals surface area contributed by atoms with Crippen molar-refractivity contribution in [3.8, 4) is 5.69 Å². The highest BCUT2D eigenvalue weighted by Gasteiger charge is 2.55. The second-order valence-electron chi connectivity index (χ2n) is 6.08. The highest BCUT2D eigenvalue weighted by atomic mass is 32.2. The van der Waals surface area contributed by atoms with Crippen LogP contribution >= 0.6 is 0 Å². The molecule has 2 fully saturated rings. The van der Waals surface area contributed by atoms with Crippen molar-refractivity contribution in [2.75, 3.05) is 10.8 Å². The normalized spacial score (nSPS) is 24.5. The van der Waals surface area contributed by atoms with E-state index in [-0.39, 0.29) is 5.56 Å². The van der Waals surface area contributed by atoms with Crippen molar-refractivity contribution in [3.05, 3.63) is 59.6 Å². The molecule has 26 heavy (non-hydrogen) atoms. The summed E-state index contributed by atoms with van der Waals surface area (Å²) < 4.78 is 29.5. The van der Waals surface area contributed by atoms with Crippen molar-refractivity contribution < 1.29 is 13.2 Å². The Morgan fingerprint density at radius 1 is 1.19 bits per heavy atom. The number of hydrogen-bond acceptors (Lipinski definition) is 5. The van der Waals surface area contributed by atoms with Crippen molar-refractivity contribution in [2.45, 2.75) is 18.5 Å². The van der Waals surface area contributed by atoms with Crippen LogP contribution in [-0.2, 0) is 15.0 Å². The van der Waals surface area contributed by atoms with Gasteiger partial charge < -0.3 is 5.73 Å². The molecule has 0 aliphatic carbocycles. The molecule has 135 valence electrons. The van der Waals surface area contributed by atoms with Crippen LogP contribution in [0.3, 0.4) is 0 Å². The van der Waals surface area contributed by atoms with Gasteiger partial charge in [0.2, 0.25) is 5.91 Å². The Morgan fingerprint density at radius 3 is 2.54 bits per heavy atom. The first-order valence-electron chi connectivity index (χ1n) is 7.98. The number of primary amides is 1. The second-order valence-corrected chi connectivity index (χ2v) is 7.84. The second kappa shape index (κ2) is 5.92. The zero-order valence-corrected chi connectivity index (χ0v) is 14.4. The van der Waals surface area contributed by atoms with E-state index in [0.717, 1.165) is 4.31 Å². The van der Waals surface area contributed by atoms with Crippen LogP contribution in [-0.4, -0.2) is 46.8 Å². The third-order valence-corrected chi connectivity index (χ3v) is 6.56. The third kappa shape index (κ3) is 2.41. The molecular weight excluding hydrogens is 358 g/mol. The number of anilines is 1. The summed E-state index contributed by atoms with van der Waals surface area (Å²) in [5, 5.41) is 0. The highest BCUT2D eigenvalue weighted by Crippen LogP contribution is 2.38. The van der Waals surface area contributed by atoms with E-state index in [4.69, 9.17) is 5.73 Å². The van der Waals surface area contributed by atoms with E-state index < -0.39 is 28.2 Å². The minimum Gasteiger partial charge on any atom is -0.368 e. The third-order valence-electron chi connectivity index (χ3n) is 4.61. The summed E-state index contributed by atoms with van der Waals surface area (Å²) in [6, 6.07) is 4.78. The molecule has 1 unspecified atom stereocenters. The number of carbonyl (C=O) groups is 1. The molecule has 0 spiro atoms. The molecule has 10 heteroatoms. The van der Waals surface area contributed by atoms with Crippen LogP contribution < -0.4 is 15.6 Å². The molecule has 3 heterocycles. The van der Waals surface area contributed by atoms with E-state index >= 15 is 0 Å². The lowest BCUT2D eigenvalue weighted by Gasteiger charge is -2.24. The predicted octanol–water partition coefficient (Wildman–Crippen LogP) is -0.570. The average Bonchev–Trinajstić information content (AvgIpc) is 3.17. The molecule has 0 bridgehead atoms. The molecular formula is C16H16N5O4S. The Labute approximate surface area is 149 Å². The van der Waals surface area contributed by atoms with Gasteiger partial charge in [-0.2, -0.15) is 12.7 Å². The number of rotatable bonds is 3. The topological polar surface area (TPSA) is 119 Å². The number of fused-ring (bicyclic) bond motifs is 1. The molecule has 2 saturated heterocycles. The van der Waals surface area contributed by atoms with E-state index in [0.29, 0.717) is 24.3 Å². The Kier molecular flexibility index (Phi) is 3.81. The summed E-state index contributed by atoms with van der Waals surface area (Å²) in [4.78, 5) is 27.6. The zero-order chi connectivity index (χ0) is 18.5. The summed E-state index contributed by atoms with van der Waals surface area (Å²) in [5.41, 5.74) is 6.07. The maximum absolute atomic E-state index is 12.9. The van der Waals surface area contributed by atoms with Crippen molar-refractivity contribution >= 4 is 21.8 Å². The predicted molar refractivity (Wildman–Crippen MR) is 93.6 cm³/mol. The fraction of sp³-hybridized carbons (Fsp3) is 0.250. The van der Waals surface area contributed by atoms with Gasteiger partial charge in [-0.1, -0.05) is 0 Å². The number of carbonyl (C=O) groups excluding carboxylic acids is 1. The highest BCUT2D eigenvalue weighted by molar-refractivity contribution is 7.90. The first kappa shape index (κ1) is 16.7. The summed E-state index contributed by atoms with van der Waals surface area (Å²) in [6.45, 7) is 0.331. The summed E-state index contributed by atoms with van der Waals surface area (Å²) >= 11 is 0. The monoisotopic (exact) mass is 374 g/mol. The first-order valence-corrected chi connectivity index (χ1v) is 9.38. The molecule has 2 atom stereocenters. The number of amides is 1. The van der Waals surface area contributed by atoms with Crippen molar-refractivity contribution in [1.82, 2.24) is 13.9 Å². The van der Waals surface area contributed by atoms with Crippen LogP contribution in [0, 0.1) is 6.42 Å². The smallest absolute Gasteiger partial charge is 0.305 e. The number of benzene rings is 1. The van der Waals surface area contributed by atoms with Gasteiger partial charge in [-0.25, -0.2) is 4.31 Å². The fourth-order valence-electron chi connectivity index (χ4n) is 3.49. The van der Waals surface area contributed by atoms with Crippen molar-refractivity contribution in [3.63, 3.8) is 0 Å². The molecule has 1 radical (unpaired) electrons. The van der Waals surface area contributed by atoms with Gasteiger partial charge in [0.15, 0.2) is 0 Å². The molecule has 1 aromatic heterocycles. The molecule has 0 saturated carbocycles. The van der Waals surface area contributed by atoms with Gasteiger partial charge in [0.1, 0.15) is 6.04 Å². The number of hydrogen-bond donors (Lipinski definition) is 1.